The van der Waals surface area contributed by atoms with Gasteiger partial charge in [0.2, 0.25) is 18.0 Å². The van der Waals surface area contributed by atoms with Gasteiger partial charge in [-0.25, -0.2) is 13.8 Å². The Bertz CT molecular complexity index is 1470. The first-order valence-electron chi connectivity index (χ1n) is 14.4. The molecule has 0 radical (unpaired) electrons. The van der Waals surface area contributed by atoms with E-state index in [9.17, 15) is 23.2 Å². The van der Waals surface area contributed by atoms with Crippen LogP contribution in [0.15, 0.2) is 77.8 Å². The van der Waals surface area contributed by atoms with Crippen LogP contribution in [0.5, 0.6) is 0 Å². The van der Waals surface area contributed by atoms with Crippen molar-refractivity contribution in [2.45, 2.75) is 57.7 Å². The fraction of sp³-hybridized carbons (Fsp3) is 0.333. The van der Waals surface area contributed by atoms with Crippen molar-refractivity contribution < 1.29 is 23.2 Å². The van der Waals surface area contributed by atoms with Crippen molar-refractivity contribution in [1.82, 2.24) is 10.6 Å². The third kappa shape index (κ3) is 6.90. The summed E-state index contributed by atoms with van der Waals surface area (Å²) in [6, 6.07) is 19.0. The highest BCUT2D eigenvalue weighted by Crippen LogP contribution is 2.32. The van der Waals surface area contributed by atoms with Gasteiger partial charge in [0.15, 0.2) is 0 Å². The van der Waals surface area contributed by atoms with E-state index in [1.807, 2.05) is 54.6 Å². The highest BCUT2D eigenvalue weighted by Gasteiger charge is 2.35. The number of amides is 3. The Hall–Kier alpha value is -4.40. The van der Waals surface area contributed by atoms with Crippen LogP contribution in [0.2, 0.25) is 0 Å². The SMILES string of the molecule is C[C@H](NC(=O)Cc1cc(F)cc(F)c1)C(=O)NC1N=C(c2ccccc2)c2ccccc2N(CC2CCCCC2)C1=O. The molecule has 1 saturated carbocycles. The molecule has 2 atom stereocenters. The smallest absolute Gasteiger partial charge is 0.272 e. The molecule has 0 saturated heterocycles. The summed E-state index contributed by atoms with van der Waals surface area (Å²) < 4.78 is 27.1. The third-order valence-corrected chi connectivity index (χ3v) is 7.76. The van der Waals surface area contributed by atoms with Crippen LogP contribution < -0.4 is 15.5 Å². The summed E-state index contributed by atoms with van der Waals surface area (Å²) in [7, 11) is 0. The van der Waals surface area contributed by atoms with Crippen LogP contribution in [0.1, 0.15) is 55.7 Å². The molecule has 218 valence electrons. The maximum Gasteiger partial charge on any atom is 0.272 e. The van der Waals surface area contributed by atoms with Crippen LogP contribution in [0.25, 0.3) is 0 Å². The highest BCUT2D eigenvalue weighted by molar-refractivity contribution is 6.20. The normalized spacial score (nSPS) is 18.0. The molecule has 42 heavy (non-hydrogen) atoms. The van der Waals surface area contributed by atoms with E-state index in [2.05, 4.69) is 10.6 Å². The number of carbonyl (C=O) groups is 3. The summed E-state index contributed by atoms with van der Waals surface area (Å²) in [5.74, 6) is -2.78. The standard InChI is InChI=1S/C33H34F2N4O3/c1-21(36-29(40)18-23-16-25(34)19-26(35)17-23)32(41)38-31-33(42)39(20-22-10-4-2-5-11-22)28-15-9-8-14-27(28)30(37-31)24-12-6-3-7-13-24/h3,6-9,12-17,19,21-22,31H,2,4-5,10-11,18,20H2,1H3,(H,36,40)(H,38,41)/t21-,31?/m0/s1. The van der Waals surface area contributed by atoms with E-state index in [0.29, 0.717) is 18.2 Å². The average molecular weight is 573 g/mol. The van der Waals surface area contributed by atoms with Crippen molar-refractivity contribution in [3.05, 3.63) is 101 Å². The maximum absolute atomic E-state index is 14.1. The number of halogens is 2. The molecule has 7 nitrogen and oxygen atoms in total. The quantitative estimate of drug-likeness (QED) is 0.402. The third-order valence-electron chi connectivity index (χ3n) is 7.76. The lowest BCUT2D eigenvalue weighted by molar-refractivity contribution is -0.130. The number of benzodiazepines with no additional fused rings is 1. The van der Waals surface area contributed by atoms with Crippen molar-refractivity contribution in [2.75, 3.05) is 11.4 Å². The first-order chi connectivity index (χ1) is 20.3. The van der Waals surface area contributed by atoms with Gasteiger partial charge in [-0.15, -0.1) is 0 Å². The Labute approximate surface area is 244 Å². The van der Waals surface area contributed by atoms with Crippen LogP contribution in [0.3, 0.4) is 0 Å². The van der Waals surface area contributed by atoms with E-state index < -0.39 is 35.7 Å². The molecule has 3 amide bonds. The molecule has 0 aromatic heterocycles. The van der Waals surface area contributed by atoms with Gasteiger partial charge in [0.05, 0.1) is 17.8 Å². The topological polar surface area (TPSA) is 90.9 Å². The lowest BCUT2D eigenvalue weighted by Crippen LogP contribution is -2.53. The molecule has 1 heterocycles. The minimum Gasteiger partial charge on any atom is -0.344 e. The van der Waals surface area contributed by atoms with Gasteiger partial charge in [0.25, 0.3) is 5.91 Å². The largest absolute Gasteiger partial charge is 0.344 e. The highest BCUT2D eigenvalue weighted by atomic mass is 19.1. The summed E-state index contributed by atoms with van der Waals surface area (Å²) in [5, 5.41) is 5.30. The molecule has 9 heteroatoms. The summed E-state index contributed by atoms with van der Waals surface area (Å²) in [6.45, 7) is 2.01. The minimum absolute atomic E-state index is 0.143. The fourth-order valence-electron chi connectivity index (χ4n) is 5.68. The zero-order chi connectivity index (χ0) is 29.6. The fourth-order valence-corrected chi connectivity index (χ4v) is 5.68. The van der Waals surface area contributed by atoms with Crippen LogP contribution >= 0.6 is 0 Å². The summed E-state index contributed by atoms with van der Waals surface area (Å²) in [4.78, 5) is 46.5. The van der Waals surface area contributed by atoms with Gasteiger partial charge >= 0.3 is 0 Å². The molecule has 3 aromatic rings. The molecule has 0 bridgehead atoms. The van der Waals surface area contributed by atoms with Crippen molar-refractivity contribution in [3.63, 3.8) is 0 Å². The van der Waals surface area contributed by atoms with Crippen LogP contribution in [-0.4, -0.2) is 42.2 Å². The number of anilines is 1. The summed E-state index contributed by atoms with van der Waals surface area (Å²) in [5.41, 5.74) is 3.08. The number of hydrogen-bond acceptors (Lipinski definition) is 4. The van der Waals surface area contributed by atoms with Crippen LogP contribution in [0.4, 0.5) is 14.5 Å². The molecular weight excluding hydrogens is 538 g/mol. The van der Waals surface area contributed by atoms with Gasteiger partial charge < -0.3 is 15.5 Å². The van der Waals surface area contributed by atoms with Gasteiger partial charge in [-0.1, -0.05) is 67.8 Å². The first-order valence-corrected chi connectivity index (χ1v) is 14.4. The van der Waals surface area contributed by atoms with Crippen molar-refractivity contribution in [2.24, 2.45) is 10.9 Å². The maximum atomic E-state index is 14.1. The second kappa shape index (κ2) is 13.1. The molecule has 2 aliphatic rings. The van der Waals surface area contributed by atoms with Gasteiger partial charge in [-0.2, -0.15) is 0 Å². The predicted octanol–water partition coefficient (Wildman–Crippen LogP) is 4.92. The number of nitrogens with one attached hydrogen (secondary N) is 2. The minimum atomic E-state index is -1.22. The van der Waals surface area contributed by atoms with E-state index in [-0.39, 0.29) is 17.9 Å². The molecule has 1 aliphatic heterocycles. The molecule has 1 fully saturated rings. The number of hydrogen-bond donors (Lipinski definition) is 2. The lowest BCUT2D eigenvalue weighted by atomic mass is 9.88. The summed E-state index contributed by atoms with van der Waals surface area (Å²) in [6.07, 6.45) is 3.98. The van der Waals surface area contributed by atoms with E-state index in [4.69, 9.17) is 4.99 Å². The first kappa shape index (κ1) is 29.1. The number of rotatable bonds is 8. The number of aliphatic imine (C=N–C) groups is 1. The molecule has 3 aromatic carbocycles. The summed E-state index contributed by atoms with van der Waals surface area (Å²) >= 11 is 0. The zero-order valence-electron chi connectivity index (χ0n) is 23.5. The van der Waals surface area contributed by atoms with Crippen molar-refractivity contribution in [1.29, 1.82) is 0 Å². The van der Waals surface area contributed by atoms with Crippen molar-refractivity contribution in [3.8, 4) is 0 Å². The Morgan fingerprint density at radius 1 is 0.952 bits per heavy atom. The number of para-hydroxylation sites is 1. The molecule has 1 unspecified atom stereocenters. The van der Waals surface area contributed by atoms with E-state index in [0.717, 1.165) is 60.7 Å². The van der Waals surface area contributed by atoms with E-state index >= 15 is 0 Å². The molecule has 1 aliphatic carbocycles. The molecule has 5 rings (SSSR count). The van der Waals surface area contributed by atoms with E-state index in [1.165, 1.54) is 13.3 Å². The van der Waals surface area contributed by atoms with Gasteiger partial charge in [0, 0.05) is 23.7 Å². The zero-order valence-corrected chi connectivity index (χ0v) is 23.5. The number of nitrogens with zero attached hydrogens (tertiary/aromatic N) is 2. The second-order valence-corrected chi connectivity index (χ2v) is 11.0. The van der Waals surface area contributed by atoms with Crippen LogP contribution in [0, 0.1) is 17.6 Å². The average Bonchev–Trinajstić information content (AvgIpc) is 3.08. The Morgan fingerprint density at radius 2 is 1.62 bits per heavy atom. The molecular formula is C33H34F2N4O3. The molecule has 2 N–H and O–H groups in total. The number of fused-ring (bicyclic) bond motifs is 1. The molecule has 0 spiro atoms. The lowest BCUT2D eigenvalue weighted by Gasteiger charge is -2.31. The number of carbonyl (C=O) groups excluding carboxylic acids is 3. The van der Waals surface area contributed by atoms with Crippen LogP contribution in [-0.2, 0) is 20.8 Å². The second-order valence-electron chi connectivity index (χ2n) is 11.0. The number of benzene rings is 3. The van der Waals surface area contributed by atoms with Gasteiger partial charge in [-0.05, 0) is 49.4 Å². The van der Waals surface area contributed by atoms with Crippen molar-refractivity contribution >= 4 is 29.1 Å². The predicted molar refractivity (Wildman–Crippen MR) is 157 cm³/mol. The van der Waals surface area contributed by atoms with Gasteiger partial charge in [0.1, 0.15) is 17.7 Å². The Morgan fingerprint density at radius 3 is 2.33 bits per heavy atom. The van der Waals surface area contributed by atoms with Gasteiger partial charge in [-0.3, -0.25) is 14.4 Å². The monoisotopic (exact) mass is 572 g/mol. The van der Waals surface area contributed by atoms with E-state index in [1.54, 1.807) is 4.90 Å². The Kier molecular flexibility index (Phi) is 9.05. The Balaban J connectivity index is 1.39.